The summed E-state index contributed by atoms with van der Waals surface area (Å²) in [4.78, 5) is 18.5. The first-order valence-corrected chi connectivity index (χ1v) is 8.49. The van der Waals surface area contributed by atoms with Gasteiger partial charge in [0.2, 0.25) is 0 Å². The highest BCUT2D eigenvalue weighted by Crippen LogP contribution is 2.38. The summed E-state index contributed by atoms with van der Waals surface area (Å²) >= 11 is 0. The molecular weight excluding hydrogens is 389 g/mol. The molecule has 0 saturated carbocycles. The molecule has 1 amide bonds. The second-order valence-electron chi connectivity index (χ2n) is 6.94. The lowest BCUT2D eigenvalue weighted by Crippen LogP contribution is -2.40. The maximum absolute atomic E-state index is 13.6. The zero-order chi connectivity index (χ0) is 21.8. The molecule has 0 aliphatic carbocycles. The van der Waals surface area contributed by atoms with Crippen LogP contribution in [-0.2, 0) is 6.18 Å². The van der Waals surface area contributed by atoms with Gasteiger partial charge in [0.05, 0.1) is 17.4 Å². The molecule has 2 aromatic heterocycles. The van der Waals surface area contributed by atoms with Gasteiger partial charge in [-0.1, -0.05) is 11.6 Å². The average Bonchev–Trinajstić information content (AvgIpc) is 2.57. The second-order valence-corrected chi connectivity index (χ2v) is 6.94. The lowest BCUT2D eigenvalue weighted by molar-refractivity contribution is -0.139. The number of nitrogens with one attached hydrogen (secondary N) is 1. The van der Waals surface area contributed by atoms with Crippen LogP contribution in [0.25, 0.3) is 11.3 Å². The molecule has 1 unspecified atom stereocenters. The predicted octanol–water partition coefficient (Wildman–Crippen LogP) is 4.31. The molecule has 29 heavy (non-hydrogen) atoms. The van der Waals surface area contributed by atoms with Crippen molar-refractivity contribution in [3.05, 3.63) is 47.8 Å². The molecule has 1 atom stereocenters. The number of hydrogen-bond acceptors (Lipinski definition) is 5. The normalized spacial score (nSPS) is 13.3. The van der Waals surface area contributed by atoms with Crippen molar-refractivity contribution in [3.63, 3.8) is 0 Å². The number of aromatic nitrogens is 2. The van der Waals surface area contributed by atoms with Gasteiger partial charge in [0.1, 0.15) is 23.7 Å². The quantitative estimate of drug-likeness (QED) is 0.612. The number of nitrogens with zero attached hydrogens (tertiary/aromatic N) is 2. The number of ether oxygens (including phenoxy) is 1. The third kappa shape index (κ3) is 6.46. The van der Waals surface area contributed by atoms with Crippen molar-refractivity contribution in [2.45, 2.75) is 32.5 Å². The summed E-state index contributed by atoms with van der Waals surface area (Å²) in [7, 11) is 0. The van der Waals surface area contributed by atoms with Crippen LogP contribution in [0.15, 0.2) is 42.2 Å². The van der Waals surface area contributed by atoms with E-state index in [4.69, 9.17) is 15.6 Å². The molecule has 0 fully saturated rings. The minimum atomic E-state index is -4.69. The van der Waals surface area contributed by atoms with Crippen molar-refractivity contribution in [1.82, 2.24) is 9.97 Å². The van der Waals surface area contributed by atoms with Crippen molar-refractivity contribution in [1.29, 1.82) is 0 Å². The fourth-order valence-corrected chi connectivity index (χ4v) is 2.64. The molecule has 0 aliphatic heterocycles. The number of carbonyl (C=O) groups is 1. The topological polar surface area (TPSA) is 110 Å². The fraction of sp³-hybridized carbons (Fsp3) is 0.316. The van der Waals surface area contributed by atoms with Gasteiger partial charge in [-0.2, -0.15) is 13.2 Å². The van der Waals surface area contributed by atoms with E-state index in [2.05, 4.69) is 9.97 Å². The monoisotopic (exact) mass is 410 g/mol. The first-order valence-electron chi connectivity index (χ1n) is 8.49. The van der Waals surface area contributed by atoms with E-state index in [1.807, 2.05) is 19.2 Å². The van der Waals surface area contributed by atoms with E-state index in [1.165, 1.54) is 18.3 Å². The zero-order valence-electron chi connectivity index (χ0n) is 16.0. The van der Waals surface area contributed by atoms with Crippen LogP contribution >= 0.6 is 0 Å². The van der Waals surface area contributed by atoms with Crippen molar-refractivity contribution >= 4 is 11.9 Å². The van der Waals surface area contributed by atoms with Crippen molar-refractivity contribution < 1.29 is 27.8 Å². The van der Waals surface area contributed by atoms with E-state index in [0.29, 0.717) is 0 Å². The highest BCUT2D eigenvalue weighted by molar-refractivity contribution is 5.82. The number of rotatable bonds is 6. The molecule has 2 heterocycles. The van der Waals surface area contributed by atoms with Gasteiger partial charge in [0.15, 0.2) is 0 Å². The number of hydrogen-bond donors (Lipinski definition) is 3. The Balaban J connectivity index is 2.38. The van der Waals surface area contributed by atoms with E-state index in [1.54, 1.807) is 13.0 Å². The first-order chi connectivity index (χ1) is 13.4. The summed E-state index contributed by atoms with van der Waals surface area (Å²) in [6.07, 6.45) is -2.09. The molecular formula is C19H21F3N4O3. The van der Waals surface area contributed by atoms with Gasteiger partial charge in [-0.05, 0) is 39.0 Å². The van der Waals surface area contributed by atoms with Crippen LogP contribution in [0.2, 0.25) is 0 Å². The Kier molecular flexibility index (Phi) is 6.48. The Morgan fingerprint density at radius 3 is 2.59 bits per heavy atom. The molecule has 0 aromatic carbocycles. The standard InChI is InChI=1S/C19H21F3N4O3/c1-11(2)8-18(3,23)10-29-15-9-25-14(7-13(15)19(20,21)22)12-4-5-24-16(6-12)26-17(27)28/h4-9H,10,23H2,1-3H3,(H,24,26)(H,27,28). The zero-order valence-corrected chi connectivity index (χ0v) is 16.0. The molecule has 0 bridgehead atoms. The number of amides is 1. The van der Waals surface area contributed by atoms with Crippen LogP contribution in [-0.4, -0.2) is 33.3 Å². The lowest BCUT2D eigenvalue weighted by Gasteiger charge is -2.23. The average molecular weight is 410 g/mol. The van der Waals surface area contributed by atoms with Crippen LogP contribution in [0.3, 0.4) is 0 Å². The second kappa shape index (κ2) is 8.48. The number of alkyl halides is 3. The number of nitrogens with two attached hydrogens (primary N) is 1. The van der Waals surface area contributed by atoms with Crippen LogP contribution in [0, 0.1) is 0 Å². The van der Waals surface area contributed by atoms with Crippen LogP contribution in [0.5, 0.6) is 5.75 Å². The summed E-state index contributed by atoms with van der Waals surface area (Å²) in [5, 5.41) is 10.8. The summed E-state index contributed by atoms with van der Waals surface area (Å²) < 4.78 is 46.1. The summed E-state index contributed by atoms with van der Waals surface area (Å²) in [6.45, 7) is 5.11. The van der Waals surface area contributed by atoms with Gasteiger partial charge in [-0.25, -0.2) is 9.78 Å². The van der Waals surface area contributed by atoms with Gasteiger partial charge in [-0.15, -0.1) is 0 Å². The molecule has 2 aromatic rings. The van der Waals surface area contributed by atoms with Crippen LogP contribution < -0.4 is 15.8 Å². The number of halogens is 3. The molecule has 0 radical (unpaired) electrons. The molecule has 4 N–H and O–H groups in total. The third-order valence-electron chi connectivity index (χ3n) is 3.62. The maximum atomic E-state index is 13.6. The Labute approximate surface area is 165 Å². The molecule has 7 nitrogen and oxygen atoms in total. The molecule has 156 valence electrons. The van der Waals surface area contributed by atoms with Crippen molar-refractivity contribution in [2.24, 2.45) is 5.73 Å². The van der Waals surface area contributed by atoms with Crippen LogP contribution in [0.4, 0.5) is 23.8 Å². The van der Waals surface area contributed by atoms with E-state index < -0.39 is 29.1 Å². The SMILES string of the molecule is CC(C)=CC(C)(N)COc1cnc(-c2ccnc(NC(=O)O)c2)cc1C(F)(F)F. The Bertz CT molecular complexity index is 923. The highest BCUT2D eigenvalue weighted by atomic mass is 19.4. The Morgan fingerprint density at radius 1 is 1.31 bits per heavy atom. The minimum absolute atomic E-state index is 0.0136. The van der Waals surface area contributed by atoms with E-state index in [9.17, 15) is 18.0 Å². The Morgan fingerprint density at radius 2 is 2.00 bits per heavy atom. The van der Waals surface area contributed by atoms with Gasteiger partial charge >= 0.3 is 12.3 Å². The van der Waals surface area contributed by atoms with Crippen molar-refractivity contribution in [3.8, 4) is 17.0 Å². The maximum Gasteiger partial charge on any atom is 0.420 e. The number of anilines is 1. The van der Waals surface area contributed by atoms with Crippen LogP contribution in [0.1, 0.15) is 26.3 Å². The minimum Gasteiger partial charge on any atom is -0.489 e. The molecule has 2 rings (SSSR count). The first kappa shape index (κ1) is 22.2. The molecule has 0 aliphatic rings. The van der Waals surface area contributed by atoms with Gasteiger partial charge < -0.3 is 15.6 Å². The van der Waals surface area contributed by atoms with Gasteiger partial charge in [0, 0.05) is 11.8 Å². The van der Waals surface area contributed by atoms with Crippen molar-refractivity contribution in [2.75, 3.05) is 11.9 Å². The highest BCUT2D eigenvalue weighted by Gasteiger charge is 2.35. The van der Waals surface area contributed by atoms with E-state index in [-0.39, 0.29) is 23.7 Å². The summed E-state index contributed by atoms with van der Waals surface area (Å²) in [5.41, 5.74) is 5.22. The summed E-state index contributed by atoms with van der Waals surface area (Å²) in [5.74, 6) is -0.482. The van der Waals surface area contributed by atoms with Gasteiger partial charge in [0.25, 0.3) is 0 Å². The smallest absolute Gasteiger partial charge is 0.420 e. The van der Waals surface area contributed by atoms with E-state index in [0.717, 1.165) is 17.8 Å². The molecule has 0 spiro atoms. The van der Waals surface area contributed by atoms with Gasteiger partial charge in [-0.3, -0.25) is 10.3 Å². The predicted molar refractivity (Wildman–Crippen MR) is 102 cm³/mol. The molecule has 10 heteroatoms. The largest absolute Gasteiger partial charge is 0.489 e. The molecule has 0 saturated heterocycles. The lowest BCUT2D eigenvalue weighted by atomic mass is 10.0. The third-order valence-corrected chi connectivity index (χ3v) is 3.62. The number of carboxylic acid groups (broad SMARTS) is 1. The number of allylic oxidation sites excluding steroid dienone is 1. The number of pyridine rings is 2. The Hall–Kier alpha value is -3.14. The summed E-state index contributed by atoms with van der Waals surface area (Å²) in [6, 6.07) is 3.54. The van der Waals surface area contributed by atoms with E-state index >= 15 is 0 Å². The fourth-order valence-electron chi connectivity index (χ4n) is 2.64.